The van der Waals surface area contributed by atoms with E-state index in [1.807, 2.05) is 0 Å². The molecule has 0 fully saturated rings. The molecule has 78 valence electrons. The molecule has 0 saturated carbocycles. The second-order valence-corrected chi connectivity index (χ2v) is 2.39. The van der Waals surface area contributed by atoms with Crippen LogP contribution in [-0.4, -0.2) is 11.4 Å². The molecule has 0 radical (unpaired) electrons. The first-order chi connectivity index (χ1) is 7.79. The zero-order valence-corrected chi connectivity index (χ0v) is 9.89. The van der Waals surface area contributed by atoms with Crippen molar-refractivity contribution in [3.63, 3.8) is 0 Å². The summed E-state index contributed by atoms with van der Waals surface area (Å²) in [6.07, 6.45) is 0. The molecule has 0 bridgehead atoms. The van der Waals surface area contributed by atoms with Gasteiger partial charge < -0.3 is 0 Å². The Labute approximate surface area is 97.3 Å². The van der Waals surface area contributed by atoms with Gasteiger partial charge in [-0.25, -0.2) is 0 Å². The molecule has 0 unspecified atom stereocenters. The van der Waals surface area contributed by atoms with Gasteiger partial charge in [0.25, 0.3) is 0 Å². The van der Waals surface area contributed by atoms with E-state index in [0.717, 1.165) is 0 Å². The van der Waals surface area contributed by atoms with E-state index in [9.17, 15) is 0 Å². The Kier molecular flexibility index (Phi) is 7.76. The summed E-state index contributed by atoms with van der Waals surface area (Å²) < 4.78 is 0. The Morgan fingerprint density at radius 2 is 1.00 bits per heavy atom. The van der Waals surface area contributed by atoms with Crippen LogP contribution in [0, 0.1) is 47.6 Å². The number of nitrogens with zero attached hydrogens (tertiary/aromatic N) is 2. The van der Waals surface area contributed by atoms with Gasteiger partial charge in [-0.3, -0.25) is 0 Å². The van der Waals surface area contributed by atoms with Crippen molar-refractivity contribution in [2.24, 2.45) is 9.98 Å². The molecule has 0 atom stereocenters. The first-order valence-corrected chi connectivity index (χ1v) is 4.64. The zero-order valence-electron chi connectivity index (χ0n) is 9.89. The fourth-order valence-corrected chi connectivity index (χ4v) is 0.741. The summed E-state index contributed by atoms with van der Waals surface area (Å²) in [6, 6.07) is 5.17. The molecule has 0 saturated heterocycles. The maximum Gasteiger partial charge on any atom is 0.158 e. The first-order valence-electron chi connectivity index (χ1n) is 4.64. The average Bonchev–Trinajstić information content (AvgIpc) is 2.30. The Hall–Kier alpha value is -2.42. The number of hydrogen-bond acceptors (Lipinski definition) is 2. The third kappa shape index (κ3) is 5.34. The van der Waals surface area contributed by atoms with Crippen LogP contribution in [0.2, 0.25) is 0 Å². The molecule has 0 aliphatic rings. The predicted octanol–water partition coefficient (Wildman–Crippen LogP) is 1.88. The van der Waals surface area contributed by atoms with Crippen molar-refractivity contribution in [3.05, 3.63) is 0 Å². The highest BCUT2D eigenvalue weighted by Gasteiger charge is 2.01. The molecule has 0 aromatic heterocycles. The lowest BCUT2D eigenvalue weighted by Crippen LogP contribution is -2.09. The van der Waals surface area contributed by atoms with Gasteiger partial charge in [0, 0.05) is 12.1 Å². The topological polar surface area (TPSA) is 24.7 Å². The van der Waals surface area contributed by atoms with Crippen LogP contribution < -0.4 is 0 Å². The van der Waals surface area contributed by atoms with Gasteiger partial charge in [-0.05, 0) is 39.5 Å². The molecule has 16 heavy (non-hydrogen) atoms. The van der Waals surface area contributed by atoms with E-state index in [-0.39, 0.29) is 0 Å². The Morgan fingerprint density at radius 1 is 0.625 bits per heavy atom. The smallest absolute Gasteiger partial charge is 0.158 e. The molecule has 0 N–H and O–H groups in total. The quantitative estimate of drug-likeness (QED) is 0.464. The molecule has 0 spiro atoms. The molecule has 0 rings (SSSR count). The summed E-state index contributed by atoms with van der Waals surface area (Å²) in [7, 11) is 0. The van der Waals surface area contributed by atoms with Crippen LogP contribution in [0.15, 0.2) is 9.98 Å². The summed E-state index contributed by atoms with van der Waals surface area (Å²) >= 11 is 0. The molecule has 0 aromatic rings. The fraction of sp³-hybridized carbons (Fsp3) is 0.286. The van der Waals surface area contributed by atoms with Crippen LogP contribution in [0.25, 0.3) is 0 Å². The number of rotatable bonds is 1. The molecule has 0 aromatic carbocycles. The Bertz CT molecular complexity index is 480. The fourth-order valence-electron chi connectivity index (χ4n) is 0.741. The second kappa shape index (κ2) is 9.15. The van der Waals surface area contributed by atoms with E-state index in [4.69, 9.17) is 0 Å². The highest BCUT2D eigenvalue weighted by atomic mass is 14.8. The van der Waals surface area contributed by atoms with E-state index in [0.29, 0.717) is 11.4 Å². The summed E-state index contributed by atoms with van der Waals surface area (Å²) in [4.78, 5) is 7.97. The normalized spacial score (nSPS) is 9.25. The van der Waals surface area contributed by atoms with Crippen LogP contribution in [-0.2, 0) is 0 Å². The minimum absolute atomic E-state index is 0.453. The van der Waals surface area contributed by atoms with Crippen molar-refractivity contribution < 1.29 is 0 Å². The van der Waals surface area contributed by atoms with E-state index in [1.165, 1.54) is 0 Å². The molecule has 2 heteroatoms. The summed E-state index contributed by atoms with van der Waals surface area (Å²) in [6.45, 7) is 6.85. The molecular weight excluding hydrogens is 196 g/mol. The molecular formula is C14H12N2. The van der Waals surface area contributed by atoms with Gasteiger partial charge in [-0.15, -0.1) is 0 Å². The summed E-state index contributed by atoms with van der Waals surface area (Å²) in [5.41, 5.74) is 0.905. The highest BCUT2D eigenvalue weighted by molar-refractivity contribution is 6.54. The van der Waals surface area contributed by atoms with Crippen LogP contribution in [0.4, 0.5) is 0 Å². The van der Waals surface area contributed by atoms with Crippen molar-refractivity contribution in [1.82, 2.24) is 0 Å². The van der Waals surface area contributed by atoms with Crippen LogP contribution in [0.1, 0.15) is 27.7 Å². The van der Waals surface area contributed by atoms with Crippen molar-refractivity contribution in [3.8, 4) is 47.6 Å². The van der Waals surface area contributed by atoms with Gasteiger partial charge in [0.2, 0.25) is 0 Å². The van der Waals surface area contributed by atoms with Gasteiger partial charge >= 0.3 is 0 Å². The SMILES string of the molecule is CC#CN=C(C#CC)C(C#CC)=NC#CC. The predicted molar refractivity (Wildman–Crippen MR) is 68.7 cm³/mol. The maximum atomic E-state index is 3.98. The molecule has 0 heterocycles. The van der Waals surface area contributed by atoms with Gasteiger partial charge in [0.05, 0.1) is 0 Å². The van der Waals surface area contributed by atoms with Crippen molar-refractivity contribution >= 4 is 11.4 Å². The molecule has 0 aliphatic carbocycles. The number of aliphatic imine (C=N–C) groups is 2. The van der Waals surface area contributed by atoms with Crippen LogP contribution in [0.3, 0.4) is 0 Å². The Balaban J connectivity index is 5.50. The molecule has 0 aliphatic heterocycles. The average molecular weight is 208 g/mol. The first kappa shape index (κ1) is 13.6. The number of hydrogen-bond donors (Lipinski definition) is 0. The lowest BCUT2D eigenvalue weighted by atomic mass is 10.2. The summed E-state index contributed by atoms with van der Waals surface area (Å²) in [5.74, 6) is 16.4. The molecule has 0 amide bonds. The van der Waals surface area contributed by atoms with Gasteiger partial charge in [0.15, 0.2) is 11.4 Å². The lowest BCUT2D eigenvalue weighted by molar-refractivity contribution is 1.64. The lowest BCUT2D eigenvalue weighted by Gasteiger charge is -1.91. The largest absolute Gasteiger partial charge is 0.186 e. The standard InChI is InChI=1S/C14H12N2/c1-5-9-13(15-11-7-3)14(10-6-2)16-12-8-4/h1-4H3. The maximum absolute atomic E-state index is 3.98. The third-order valence-electron chi connectivity index (χ3n) is 1.27. The second-order valence-electron chi connectivity index (χ2n) is 2.39. The van der Waals surface area contributed by atoms with Crippen molar-refractivity contribution in [1.29, 1.82) is 0 Å². The van der Waals surface area contributed by atoms with Crippen LogP contribution in [0.5, 0.6) is 0 Å². The van der Waals surface area contributed by atoms with E-state index >= 15 is 0 Å². The van der Waals surface area contributed by atoms with Crippen molar-refractivity contribution in [2.45, 2.75) is 27.7 Å². The third-order valence-corrected chi connectivity index (χ3v) is 1.27. The van der Waals surface area contributed by atoms with E-state index in [2.05, 4.69) is 57.6 Å². The van der Waals surface area contributed by atoms with Gasteiger partial charge in [-0.2, -0.15) is 9.98 Å². The molecule has 2 nitrogen and oxygen atoms in total. The minimum atomic E-state index is 0.453. The van der Waals surface area contributed by atoms with Gasteiger partial charge in [-0.1, -0.05) is 23.7 Å². The van der Waals surface area contributed by atoms with E-state index < -0.39 is 0 Å². The minimum Gasteiger partial charge on any atom is -0.186 e. The van der Waals surface area contributed by atoms with Crippen LogP contribution >= 0.6 is 0 Å². The Morgan fingerprint density at radius 3 is 1.25 bits per heavy atom. The summed E-state index contributed by atoms with van der Waals surface area (Å²) in [5, 5.41) is 0. The zero-order chi connectivity index (χ0) is 12.2. The highest BCUT2D eigenvalue weighted by Crippen LogP contribution is 1.85. The van der Waals surface area contributed by atoms with Crippen molar-refractivity contribution in [2.75, 3.05) is 0 Å². The van der Waals surface area contributed by atoms with Gasteiger partial charge in [0.1, 0.15) is 0 Å². The monoisotopic (exact) mass is 208 g/mol. The van der Waals surface area contributed by atoms with E-state index in [1.54, 1.807) is 27.7 Å².